The highest BCUT2D eigenvalue weighted by Crippen LogP contribution is 2.31. The SMILES string of the molecule is Nc1ncc(Oc2ccc(Cl)cc2)c(NCC2(O)CCCCC2)n1. The van der Waals surface area contributed by atoms with Crippen LogP contribution in [0.1, 0.15) is 32.1 Å². The molecule has 3 rings (SSSR count). The van der Waals surface area contributed by atoms with Gasteiger partial charge in [0.05, 0.1) is 11.8 Å². The lowest BCUT2D eigenvalue weighted by atomic mass is 9.85. The van der Waals surface area contributed by atoms with Gasteiger partial charge < -0.3 is 20.9 Å². The van der Waals surface area contributed by atoms with Crippen LogP contribution in [-0.2, 0) is 0 Å². The molecule has 0 atom stereocenters. The fraction of sp³-hybridized carbons (Fsp3) is 0.412. The predicted molar refractivity (Wildman–Crippen MR) is 94.5 cm³/mol. The van der Waals surface area contributed by atoms with Crippen molar-refractivity contribution in [3.05, 3.63) is 35.5 Å². The van der Waals surface area contributed by atoms with Gasteiger partial charge in [0.1, 0.15) is 5.75 Å². The third-order valence-corrected chi connectivity index (χ3v) is 4.44. The monoisotopic (exact) mass is 348 g/mol. The van der Waals surface area contributed by atoms with Gasteiger partial charge in [0, 0.05) is 11.6 Å². The zero-order valence-corrected chi connectivity index (χ0v) is 14.1. The van der Waals surface area contributed by atoms with Gasteiger partial charge in [-0.3, -0.25) is 0 Å². The van der Waals surface area contributed by atoms with Crippen molar-refractivity contribution in [3.63, 3.8) is 0 Å². The maximum atomic E-state index is 10.6. The van der Waals surface area contributed by atoms with Crippen molar-refractivity contribution in [2.24, 2.45) is 0 Å². The van der Waals surface area contributed by atoms with Crippen LogP contribution in [-0.4, -0.2) is 27.2 Å². The summed E-state index contributed by atoms with van der Waals surface area (Å²) in [4.78, 5) is 8.17. The summed E-state index contributed by atoms with van der Waals surface area (Å²) in [7, 11) is 0. The van der Waals surface area contributed by atoms with E-state index < -0.39 is 5.60 Å². The molecular formula is C17H21ClN4O2. The number of nitrogens with one attached hydrogen (secondary N) is 1. The number of benzene rings is 1. The number of anilines is 2. The Balaban J connectivity index is 1.74. The zero-order chi connectivity index (χ0) is 17.0. The molecule has 0 unspecified atom stereocenters. The molecule has 0 aliphatic heterocycles. The Labute approximate surface area is 146 Å². The summed E-state index contributed by atoms with van der Waals surface area (Å²) < 4.78 is 5.81. The lowest BCUT2D eigenvalue weighted by Crippen LogP contribution is -2.39. The van der Waals surface area contributed by atoms with Crippen LogP contribution < -0.4 is 15.8 Å². The standard InChI is InChI=1S/C17H21ClN4O2/c18-12-4-6-13(7-5-12)24-14-10-20-16(19)22-15(14)21-11-17(23)8-2-1-3-9-17/h4-7,10,23H,1-3,8-9,11H2,(H3,19,20,21,22). The highest BCUT2D eigenvalue weighted by Gasteiger charge is 2.29. The van der Waals surface area contributed by atoms with Crippen LogP contribution in [0.3, 0.4) is 0 Å². The summed E-state index contributed by atoms with van der Waals surface area (Å²) in [5.74, 6) is 1.69. The second kappa shape index (κ2) is 7.23. The quantitative estimate of drug-likeness (QED) is 0.764. The van der Waals surface area contributed by atoms with Crippen LogP contribution in [0.25, 0.3) is 0 Å². The Morgan fingerprint density at radius 2 is 1.92 bits per heavy atom. The largest absolute Gasteiger partial charge is 0.452 e. The van der Waals surface area contributed by atoms with Crippen LogP contribution in [0.4, 0.5) is 11.8 Å². The molecule has 1 aromatic carbocycles. The third kappa shape index (κ3) is 4.27. The molecule has 1 aromatic heterocycles. The summed E-state index contributed by atoms with van der Waals surface area (Å²) >= 11 is 5.88. The molecule has 4 N–H and O–H groups in total. The van der Waals surface area contributed by atoms with Gasteiger partial charge >= 0.3 is 0 Å². The zero-order valence-electron chi connectivity index (χ0n) is 13.3. The van der Waals surface area contributed by atoms with Crippen molar-refractivity contribution < 1.29 is 9.84 Å². The third-order valence-electron chi connectivity index (χ3n) is 4.18. The van der Waals surface area contributed by atoms with Gasteiger partial charge in [-0.05, 0) is 37.1 Å². The molecule has 6 nitrogen and oxygen atoms in total. The maximum absolute atomic E-state index is 10.6. The number of aromatic nitrogens is 2. The first-order chi connectivity index (χ1) is 11.5. The van der Waals surface area contributed by atoms with E-state index in [1.165, 1.54) is 12.6 Å². The molecule has 128 valence electrons. The predicted octanol–water partition coefficient (Wildman–Crippen LogP) is 3.61. The maximum Gasteiger partial charge on any atom is 0.222 e. The van der Waals surface area contributed by atoms with Gasteiger partial charge in [-0.2, -0.15) is 4.98 Å². The van der Waals surface area contributed by atoms with Crippen LogP contribution >= 0.6 is 11.6 Å². The van der Waals surface area contributed by atoms with Crippen molar-refractivity contribution in [2.45, 2.75) is 37.7 Å². The number of aliphatic hydroxyl groups is 1. The fourth-order valence-electron chi connectivity index (χ4n) is 2.85. The van der Waals surface area contributed by atoms with Crippen LogP contribution in [0.5, 0.6) is 11.5 Å². The van der Waals surface area contributed by atoms with E-state index in [-0.39, 0.29) is 5.95 Å². The normalized spacial score (nSPS) is 16.6. The minimum absolute atomic E-state index is 0.150. The molecule has 0 amide bonds. The smallest absolute Gasteiger partial charge is 0.222 e. The van der Waals surface area contributed by atoms with Crippen molar-refractivity contribution in [1.82, 2.24) is 9.97 Å². The van der Waals surface area contributed by atoms with Crippen LogP contribution in [0, 0.1) is 0 Å². The summed E-state index contributed by atoms with van der Waals surface area (Å²) in [5, 5.41) is 14.4. The summed E-state index contributed by atoms with van der Waals surface area (Å²) in [6.45, 7) is 0.403. The Bertz CT molecular complexity index is 687. The Morgan fingerprint density at radius 1 is 1.21 bits per heavy atom. The highest BCUT2D eigenvalue weighted by molar-refractivity contribution is 6.30. The summed E-state index contributed by atoms with van der Waals surface area (Å²) in [5.41, 5.74) is 4.97. The number of nitrogens with zero attached hydrogens (tertiary/aromatic N) is 2. The lowest BCUT2D eigenvalue weighted by Gasteiger charge is -2.32. The van der Waals surface area contributed by atoms with Gasteiger partial charge in [0.2, 0.25) is 5.95 Å². The number of hydrogen-bond donors (Lipinski definition) is 3. The lowest BCUT2D eigenvalue weighted by molar-refractivity contribution is 0.0166. The molecule has 1 aliphatic carbocycles. The van der Waals surface area contributed by atoms with Crippen molar-refractivity contribution in [3.8, 4) is 11.5 Å². The van der Waals surface area contributed by atoms with Crippen LogP contribution in [0.15, 0.2) is 30.5 Å². The number of nitrogen functional groups attached to an aromatic ring is 1. The van der Waals surface area contributed by atoms with Crippen molar-refractivity contribution in [1.29, 1.82) is 0 Å². The second-order valence-electron chi connectivity index (χ2n) is 6.14. The average Bonchev–Trinajstić information content (AvgIpc) is 2.58. The first kappa shape index (κ1) is 16.8. The van der Waals surface area contributed by atoms with E-state index in [0.717, 1.165) is 25.7 Å². The Morgan fingerprint density at radius 3 is 2.62 bits per heavy atom. The van der Waals surface area contributed by atoms with Gasteiger partial charge in [-0.15, -0.1) is 0 Å². The van der Waals surface area contributed by atoms with E-state index in [1.54, 1.807) is 24.3 Å². The van der Waals surface area contributed by atoms with Crippen LogP contribution in [0.2, 0.25) is 5.02 Å². The Kier molecular flexibility index (Phi) is 5.06. The van der Waals surface area contributed by atoms with E-state index in [4.69, 9.17) is 22.1 Å². The molecule has 0 radical (unpaired) electrons. The molecule has 1 aliphatic rings. The second-order valence-corrected chi connectivity index (χ2v) is 6.57. The number of ether oxygens (including phenoxy) is 1. The highest BCUT2D eigenvalue weighted by atomic mass is 35.5. The number of nitrogens with two attached hydrogens (primary N) is 1. The molecule has 0 bridgehead atoms. The molecule has 7 heteroatoms. The van der Waals surface area contributed by atoms with Gasteiger partial charge in [0.25, 0.3) is 0 Å². The van der Waals surface area contributed by atoms with Gasteiger partial charge in [-0.25, -0.2) is 4.98 Å². The molecule has 1 saturated carbocycles. The summed E-state index contributed by atoms with van der Waals surface area (Å²) in [6, 6.07) is 7.01. The van der Waals surface area contributed by atoms with Crippen molar-refractivity contribution in [2.75, 3.05) is 17.6 Å². The van der Waals surface area contributed by atoms with Crippen molar-refractivity contribution >= 4 is 23.4 Å². The first-order valence-electron chi connectivity index (χ1n) is 8.06. The topological polar surface area (TPSA) is 93.3 Å². The first-order valence-corrected chi connectivity index (χ1v) is 8.44. The Hall–Kier alpha value is -2.05. The van der Waals surface area contributed by atoms with E-state index in [2.05, 4.69) is 15.3 Å². The van der Waals surface area contributed by atoms with E-state index in [9.17, 15) is 5.11 Å². The van der Waals surface area contributed by atoms with E-state index >= 15 is 0 Å². The number of hydrogen-bond acceptors (Lipinski definition) is 6. The molecule has 0 saturated heterocycles. The molecule has 1 fully saturated rings. The number of halogens is 1. The summed E-state index contributed by atoms with van der Waals surface area (Å²) in [6.07, 6.45) is 6.34. The number of rotatable bonds is 5. The molecule has 1 heterocycles. The molecule has 0 spiro atoms. The average molecular weight is 349 g/mol. The van der Waals surface area contributed by atoms with E-state index in [0.29, 0.717) is 28.9 Å². The minimum atomic E-state index is -0.713. The molecular weight excluding hydrogens is 328 g/mol. The van der Waals surface area contributed by atoms with Gasteiger partial charge in [-0.1, -0.05) is 30.9 Å². The van der Waals surface area contributed by atoms with Gasteiger partial charge in [0.15, 0.2) is 11.6 Å². The molecule has 24 heavy (non-hydrogen) atoms. The minimum Gasteiger partial charge on any atom is -0.452 e. The van der Waals surface area contributed by atoms with E-state index in [1.807, 2.05) is 0 Å². The fourth-order valence-corrected chi connectivity index (χ4v) is 2.98. The molecule has 2 aromatic rings.